The maximum Gasteiger partial charge on any atom is 0.251 e. The lowest BCUT2D eigenvalue weighted by atomic mass is 10.1. The first kappa shape index (κ1) is 17.3. The van der Waals surface area contributed by atoms with Crippen molar-refractivity contribution >= 4 is 38.9 Å². The van der Waals surface area contributed by atoms with Crippen molar-refractivity contribution in [2.24, 2.45) is 0 Å². The van der Waals surface area contributed by atoms with E-state index in [1.165, 1.54) is 18.2 Å². The number of nitrogens with one attached hydrogen (secondary N) is 1. The van der Waals surface area contributed by atoms with Gasteiger partial charge >= 0.3 is 0 Å². The van der Waals surface area contributed by atoms with Crippen LogP contribution in [0.3, 0.4) is 0 Å². The van der Waals surface area contributed by atoms with E-state index in [9.17, 15) is 13.2 Å². The van der Waals surface area contributed by atoms with Crippen LogP contribution in [0.15, 0.2) is 41.3 Å². The molecule has 0 heterocycles. The van der Waals surface area contributed by atoms with Crippen molar-refractivity contribution in [2.45, 2.75) is 23.8 Å². The van der Waals surface area contributed by atoms with Crippen molar-refractivity contribution in [1.29, 1.82) is 0 Å². The smallest absolute Gasteiger partial charge is 0.251 e. The number of carbonyl (C=O) groups excluding carboxylic acids is 1. The summed E-state index contributed by atoms with van der Waals surface area (Å²) in [6.45, 7) is 0. The van der Waals surface area contributed by atoms with Crippen molar-refractivity contribution in [3.63, 3.8) is 0 Å². The second kappa shape index (κ2) is 6.39. The van der Waals surface area contributed by atoms with Crippen molar-refractivity contribution in [3.8, 4) is 0 Å². The molecule has 2 aromatic carbocycles. The largest absolute Gasteiger partial charge is 0.345 e. The summed E-state index contributed by atoms with van der Waals surface area (Å²) in [4.78, 5) is 12.4. The summed E-state index contributed by atoms with van der Waals surface area (Å²) in [5.74, 6) is -0.329. The second-order valence-corrected chi connectivity index (χ2v) is 8.65. The molecule has 0 radical (unpaired) electrons. The van der Waals surface area contributed by atoms with E-state index in [-0.39, 0.29) is 27.4 Å². The average Bonchev–Trinajstić information content (AvgIpc) is 2.88. The molecule has 24 heavy (non-hydrogen) atoms. The van der Waals surface area contributed by atoms with E-state index < -0.39 is 9.84 Å². The molecule has 126 valence electrons. The molecule has 1 unspecified atom stereocenters. The topological polar surface area (TPSA) is 63.2 Å². The molecule has 0 saturated heterocycles. The molecule has 3 rings (SSSR count). The minimum Gasteiger partial charge on any atom is -0.345 e. The monoisotopic (exact) mass is 383 g/mol. The van der Waals surface area contributed by atoms with Crippen LogP contribution in [0.5, 0.6) is 0 Å². The molecule has 0 fully saturated rings. The van der Waals surface area contributed by atoms with E-state index in [0.29, 0.717) is 5.02 Å². The normalized spacial score (nSPS) is 16.7. The second-order valence-electron chi connectivity index (χ2n) is 5.83. The van der Waals surface area contributed by atoms with Gasteiger partial charge in [0.2, 0.25) is 0 Å². The minimum absolute atomic E-state index is 0.0459. The fraction of sp³-hybridized carbons (Fsp3) is 0.235. The quantitative estimate of drug-likeness (QED) is 0.875. The Balaban J connectivity index is 1.85. The Morgan fingerprint density at radius 2 is 1.92 bits per heavy atom. The summed E-state index contributed by atoms with van der Waals surface area (Å²) in [5, 5.41) is 3.73. The van der Waals surface area contributed by atoms with Crippen LogP contribution >= 0.6 is 23.2 Å². The van der Waals surface area contributed by atoms with E-state index in [0.717, 1.165) is 30.2 Å². The van der Waals surface area contributed by atoms with Crippen LogP contribution in [0, 0.1) is 0 Å². The molecule has 0 aromatic heterocycles. The number of benzene rings is 2. The lowest BCUT2D eigenvalue weighted by molar-refractivity contribution is 0.0936. The fourth-order valence-corrected chi connectivity index (χ4v) is 4.40. The Labute approximate surface area is 150 Å². The van der Waals surface area contributed by atoms with Crippen LogP contribution in [0.25, 0.3) is 0 Å². The van der Waals surface area contributed by atoms with Crippen LogP contribution in [0.1, 0.15) is 33.9 Å². The van der Waals surface area contributed by atoms with E-state index in [1.807, 2.05) is 12.1 Å². The van der Waals surface area contributed by atoms with Gasteiger partial charge in [-0.1, -0.05) is 29.3 Å². The number of fused-ring (bicyclic) bond motifs is 1. The number of sulfone groups is 1. The molecule has 1 aliphatic carbocycles. The van der Waals surface area contributed by atoms with Crippen LogP contribution < -0.4 is 5.32 Å². The Morgan fingerprint density at radius 1 is 1.17 bits per heavy atom. The first-order valence-electron chi connectivity index (χ1n) is 7.34. The fourth-order valence-electron chi connectivity index (χ4n) is 2.91. The Hall–Kier alpha value is -1.56. The predicted octanol–water partition coefficient (Wildman–Crippen LogP) is 3.81. The minimum atomic E-state index is -3.50. The first-order chi connectivity index (χ1) is 11.3. The SMILES string of the molecule is CS(=O)(=O)c1cc(C(=O)NC2CCc3cc(Cl)ccc32)ccc1Cl. The van der Waals surface area contributed by atoms with Crippen LogP contribution in [0.4, 0.5) is 0 Å². The molecule has 0 aliphatic heterocycles. The van der Waals surface area contributed by atoms with Crippen LogP contribution in [-0.4, -0.2) is 20.6 Å². The lowest BCUT2D eigenvalue weighted by Crippen LogP contribution is -2.27. The van der Waals surface area contributed by atoms with E-state index >= 15 is 0 Å². The molecular formula is C17H15Cl2NO3S. The molecule has 1 N–H and O–H groups in total. The van der Waals surface area contributed by atoms with Gasteiger partial charge in [-0.05, 0) is 54.3 Å². The van der Waals surface area contributed by atoms with E-state index in [4.69, 9.17) is 23.2 Å². The van der Waals surface area contributed by atoms with E-state index in [1.54, 1.807) is 6.07 Å². The van der Waals surface area contributed by atoms with Gasteiger partial charge in [0.05, 0.1) is 16.0 Å². The zero-order valence-corrected chi connectivity index (χ0v) is 15.2. The third-order valence-corrected chi connectivity index (χ3v) is 5.89. The van der Waals surface area contributed by atoms with Gasteiger partial charge < -0.3 is 5.32 Å². The van der Waals surface area contributed by atoms with Gasteiger partial charge in [0.1, 0.15) is 0 Å². The van der Waals surface area contributed by atoms with Crippen molar-refractivity contribution in [3.05, 3.63) is 63.1 Å². The molecule has 0 spiro atoms. The Morgan fingerprint density at radius 3 is 2.62 bits per heavy atom. The lowest BCUT2D eigenvalue weighted by Gasteiger charge is -2.15. The van der Waals surface area contributed by atoms with Crippen LogP contribution in [-0.2, 0) is 16.3 Å². The number of rotatable bonds is 3. The number of amides is 1. The number of carbonyl (C=O) groups is 1. The van der Waals surface area contributed by atoms with Gasteiger partial charge in [-0.2, -0.15) is 0 Å². The average molecular weight is 384 g/mol. The van der Waals surface area contributed by atoms with Gasteiger partial charge in [-0.25, -0.2) is 8.42 Å². The Kier molecular flexibility index (Phi) is 4.60. The van der Waals surface area contributed by atoms with Gasteiger partial charge in [-0.15, -0.1) is 0 Å². The summed E-state index contributed by atoms with van der Waals surface area (Å²) >= 11 is 11.9. The number of hydrogen-bond acceptors (Lipinski definition) is 3. The van der Waals surface area contributed by atoms with E-state index in [2.05, 4.69) is 5.32 Å². The first-order valence-corrected chi connectivity index (χ1v) is 9.99. The van der Waals surface area contributed by atoms with Gasteiger partial charge in [0.25, 0.3) is 5.91 Å². The predicted molar refractivity (Wildman–Crippen MR) is 94.5 cm³/mol. The molecule has 2 aromatic rings. The zero-order valence-electron chi connectivity index (χ0n) is 12.8. The summed E-state index contributed by atoms with van der Waals surface area (Å²) in [7, 11) is -3.50. The molecule has 1 amide bonds. The molecule has 1 aliphatic rings. The zero-order chi connectivity index (χ0) is 17.5. The van der Waals surface area contributed by atoms with Crippen LogP contribution in [0.2, 0.25) is 10.0 Å². The maximum absolute atomic E-state index is 12.5. The highest BCUT2D eigenvalue weighted by atomic mass is 35.5. The number of hydrogen-bond donors (Lipinski definition) is 1. The molecule has 4 nitrogen and oxygen atoms in total. The molecule has 7 heteroatoms. The van der Waals surface area contributed by atoms with Crippen molar-refractivity contribution < 1.29 is 13.2 Å². The van der Waals surface area contributed by atoms with Crippen molar-refractivity contribution in [1.82, 2.24) is 5.32 Å². The van der Waals surface area contributed by atoms with Gasteiger partial charge in [0, 0.05) is 16.8 Å². The summed E-state index contributed by atoms with van der Waals surface area (Å²) < 4.78 is 23.5. The molecule has 1 atom stereocenters. The summed E-state index contributed by atoms with van der Waals surface area (Å²) in [6.07, 6.45) is 2.69. The number of aryl methyl sites for hydroxylation is 1. The van der Waals surface area contributed by atoms with Crippen molar-refractivity contribution in [2.75, 3.05) is 6.26 Å². The highest BCUT2D eigenvalue weighted by Crippen LogP contribution is 2.33. The summed E-state index contributed by atoms with van der Waals surface area (Å²) in [5.41, 5.74) is 2.44. The van der Waals surface area contributed by atoms with Gasteiger partial charge in [-0.3, -0.25) is 4.79 Å². The highest BCUT2D eigenvalue weighted by Gasteiger charge is 2.25. The standard InChI is InChI=1S/C17H15Cl2NO3S/c1-24(22,23)16-9-11(2-6-14(16)19)17(21)20-15-7-3-10-8-12(18)4-5-13(10)15/h2,4-6,8-9,15H,3,7H2,1H3,(H,20,21). The third-order valence-electron chi connectivity index (χ3n) is 4.08. The molecule has 0 bridgehead atoms. The highest BCUT2D eigenvalue weighted by molar-refractivity contribution is 7.90. The third kappa shape index (κ3) is 3.43. The summed E-state index contributed by atoms with van der Waals surface area (Å²) in [6, 6.07) is 9.77. The molecular weight excluding hydrogens is 369 g/mol. The Bertz CT molecular complexity index is 925. The number of halogens is 2. The maximum atomic E-state index is 12.5. The van der Waals surface area contributed by atoms with Gasteiger partial charge in [0.15, 0.2) is 9.84 Å². The molecule has 0 saturated carbocycles.